The van der Waals surface area contributed by atoms with Gasteiger partial charge in [-0.25, -0.2) is 4.98 Å². The van der Waals surface area contributed by atoms with Crippen molar-refractivity contribution in [3.05, 3.63) is 59.7 Å². The third-order valence-corrected chi connectivity index (χ3v) is 5.30. The van der Waals surface area contributed by atoms with Crippen molar-refractivity contribution in [2.24, 2.45) is 0 Å². The molecule has 0 aliphatic heterocycles. The van der Waals surface area contributed by atoms with Gasteiger partial charge in [0.25, 0.3) is 5.91 Å². The summed E-state index contributed by atoms with van der Waals surface area (Å²) >= 11 is 0. The molecule has 1 heterocycles. The summed E-state index contributed by atoms with van der Waals surface area (Å²) < 4.78 is 40.8. The van der Waals surface area contributed by atoms with Crippen LogP contribution < -0.4 is 5.32 Å². The van der Waals surface area contributed by atoms with Gasteiger partial charge in [-0.1, -0.05) is 18.2 Å². The summed E-state index contributed by atoms with van der Waals surface area (Å²) in [5.74, 6) is -0.349. The number of imidazole rings is 1. The van der Waals surface area contributed by atoms with Gasteiger partial charge in [-0.2, -0.15) is 13.2 Å². The van der Waals surface area contributed by atoms with E-state index < -0.39 is 17.6 Å². The third-order valence-electron chi connectivity index (χ3n) is 5.30. The minimum absolute atomic E-state index is 0.0441. The standard InChI is InChI=1S/C21H20F3N3O2/c22-21(23,24)14-5-3-4-13(12-14)19(29)26-20-25-17-6-1-2-7-18(17)27(20)15-8-10-16(28)11-9-15/h1-7,12,15-16,28H,8-11H2,(H,25,26,29). The van der Waals surface area contributed by atoms with Gasteiger partial charge in [0.05, 0.1) is 22.7 Å². The van der Waals surface area contributed by atoms with Gasteiger partial charge >= 0.3 is 6.18 Å². The van der Waals surface area contributed by atoms with Crippen LogP contribution in [0.4, 0.5) is 19.1 Å². The molecule has 2 aromatic carbocycles. The van der Waals surface area contributed by atoms with Crippen LogP contribution in [0, 0.1) is 0 Å². The van der Waals surface area contributed by atoms with Crippen LogP contribution in [0.5, 0.6) is 0 Å². The van der Waals surface area contributed by atoms with Crippen LogP contribution in [0.3, 0.4) is 0 Å². The van der Waals surface area contributed by atoms with Crippen molar-refractivity contribution in [2.45, 2.75) is 44.0 Å². The normalized spacial score (nSPS) is 20.0. The number of fused-ring (bicyclic) bond motifs is 1. The molecule has 0 atom stereocenters. The summed E-state index contributed by atoms with van der Waals surface area (Å²) in [5.41, 5.74) is 0.573. The molecule has 0 bridgehead atoms. The maximum Gasteiger partial charge on any atom is 0.416 e. The monoisotopic (exact) mass is 403 g/mol. The van der Waals surface area contributed by atoms with Crippen LogP contribution in [0.15, 0.2) is 48.5 Å². The van der Waals surface area contributed by atoms with Crippen LogP contribution in [0.1, 0.15) is 47.6 Å². The zero-order valence-corrected chi connectivity index (χ0v) is 15.5. The van der Waals surface area contributed by atoms with Crippen molar-refractivity contribution in [3.8, 4) is 0 Å². The van der Waals surface area contributed by atoms with Crippen LogP contribution in [0.25, 0.3) is 11.0 Å². The molecular weight excluding hydrogens is 383 g/mol. The van der Waals surface area contributed by atoms with Gasteiger partial charge in [-0.05, 0) is 56.0 Å². The van der Waals surface area contributed by atoms with Crippen LogP contribution >= 0.6 is 0 Å². The SMILES string of the molecule is O=C(Nc1nc2ccccc2n1C1CCC(O)CC1)c1cccc(C(F)(F)F)c1. The zero-order valence-electron chi connectivity index (χ0n) is 15.5. The van der Waals surface area contributed by atoms with Crippen molar-refractivity contribution in [3.63, 3.8) is 0 Å². The Labute approximate surface area is 165 Å². The molecular formula is C21H20F3N3O2. The lowest BCUT2D eigenvalue weighted by atomic mass is 9.93. The van der Waals surface area contributed by atoms with Crippen LogP contribution in [0.2, 0.25) is 0 Å². The Bertz CT molecular complexity index is 1040. The first-order valence-corrected chi connectivity index (χ1v) is 9.46. The first-order chi connectivity index (χ1) is 13.8. The highest BCUT2D eigenvalue weighted by molar-refractivity contribution is 6.04. The molecule has 1 aromatic heterocycles. The number of aromatic nitrogens is 2. The number of para-hydroxylation sites is 2. The Hall–Kier alpha value is -2.87. The number of benzene rings is 2. The van der Waals surface area contributed by atoms with Gasteiger partial charge in [0, 0.05) is 11.6 Å². The van der Waals surface area contributed by atoms with E-state index in [0.717, 1.165) is 30.5 Å². The lowest BCUT2D eigenvalue weighted by Crippen LogP contribution is -2.24. The number of hydrogen-bond acceptors (Lipinski definition) is 3. The number of halogens is 3. The highest BCUT2D eigenvalue weighted by Gasteiger charge is 2.31. The number of alkyl halides is 3. The maximum atomic E-state index is 13.0. The highest BCUT2D eigenvalue weighted by Crippen LogP contribution is 2.35. The zero-order chi connectivity index (χ0) is 20.6. The van der Waals surface area contributed by atoms with E-state index in [0.29, 0.717) is 24.3 Å². The Morgan fingerprint density at radius 1 is 1.07 bits per heavy atom. The van der Waals surface area contributed by atoms with E-state index in [1.165, 1.54) is 12.1 Å². The molecule has 5 nitrogen and oxygen atoms in total. The van der Waals surface area contributed by atoms with E-state index in [-0.39, 0.29) is 17.7 Å². The molecule has 0 unspecified atom stereocenters. The quantitative estimate of drug-likeness (QED) is 0.661. The second-order valence-corrected chi connectivity index (χ2v) is 7.29. The molecule has 1 saturated carbocycles. The predicted molar refractivity (Wildman–Crippen MR) is 103 cm³/mol. The van der Waals surface area contributed by atoms with Gasteiger partial charge in [-0.15, -0.1) is 0 Å². The maximum absolute atomic E-state index is 13.0. The Morgan fingerprint density at radius 3 is 2.52 bits per heavy atom. The van der Waals surface area contributed by atoms with Crippen molar-refractivity contribution in [1.29, 1.82) is 0 Å². The number of anilines is 1. The smallest absolute Gasteiger partial charge is 0.393 e. The molecule has 8 heteroatoms. The van der Waals surface area contributed by atoms with Crippen LogP contribution in [-0.4, -0.2) is 26.7 Å². The highest BCUT2D eigenvalue weighted by atomic mass is 19.4. The number of rotatable bonds is 3. The van der Waals surface area contributed by atoms with E-state index in [1.807, 2.05) is 28.8 Å². The third kappa shape index (κ3) is 3.98. The van der Waals surface area contributed by atoms with E-state index in [2.05, 4.69) is 10.3 Å². The molecule has 0 spiro atoms. The largest absolute Gasteiger partial charge is 0.416 e. The summed E-state index contributed by atoms with van der Waals surface area (Å²) in [7, 11) is 0. The lowest BCUT2D eigenvalue weighted by Gasteiger charge is -2.28. The summed E-state index contributed by atoms with van der Waals surface area (Å²) in [6.07, 6.45) is -2.09. The fourth-order valence-electron chi connectivity index (χ4n) is 3.83. The summed E-state index contributed by atoms with van der Waals surface area (Å²) in [6.45, 7) is 0. The molecule has 1 amide bonds. The molecule has 29 heavy (non-hydrogen) atoms. The van der Waals surface area contributed by atoms with Crippen LogP contribution in [-0.2, 0) is 6.18 Å². The molecule has 0 saturated heterocycles. The van der Waals surface area contributed by atoms with Gasteiger partial charge in [0.1, 0.15) is 0 Å². The first-order valence-electron chi connectivity index (χ1n) is 9.46. The van der Waals surface area contributed by atoms with Crippen molar-refractivity contribution < 1.29 is 23.1 Å². The molecule has 2 N–H and O–H groups in total. The first kappa shape index (κ1) is 19.4. The minimum atomic E-state index is -4.52. The molecule has 1 aliphatic rings. The summed E-state index contributed by atoms with van der Waals surface area (Å²) in [6, 6.07) is 11.8. The predicted octanol–water partition coefficient (Wildman–Crippen LogP) is 4.78. The molecule has 3 aromatic rings. The number of amides is 1. The molecule has 4 rings (SSSR count). The van der Waals surface area contributed by atoms with Crippen molar-refractivity contribution in [1.82, 2.24) is 9.55 Å². The summed E-state index contributed by atoms with van der Waals surface area (Å²) in [4.78, 5) is 17.2. The number of carbonyl (C=O) groups is 1. The van der Waals surface area contributed by atoms with E-state index >= 15 is 0 Å². The Morgan fingerprint density at radius 2 is 1.79 bits per heavy atom. The molecule has 0 radical (unpaired) electrons. The number of carbonyl (C=O) groups excluding carboxylic acids is 1. The van der Waals surface area contributed by atoms with E-state index in [9.17, 15) is 23.1 Å². The van der Waals surface area contributed by atoms with Gasteiger partial charge in [0.15, 0.2) is 0 Å². The average Bonchev–Trinajstić information content (AvgIpc) is 3.06. The summed E-state index contributed by atoms with van der Waals surface area (Å²) in [5, 5.41) is 12.5. The van der Waals surface area contributed by atoms with Gasteiger partial charge in [0.2, 0.25) is 5.95 Å². The topological polar surface area (TPSA) is 67.2 Å². The lowest BCUT2D eigenvalue weighted by molar-refractivity contribution is -0.137. The second-order valence-electron chi connectivity index (χ2n) is 7.29. The number of hydrogen-bond donors (Lipinski definition) is 2. The van der Waals surface area contributed by atoms with Crippen molar-refractivity contribution >= 4 is 22.9 Å². The Kier molecular flexibility index (Phi) is 5.04. The van der Waals surface area contributed by atoms with Gasteiger partial charge < -0.3 is 9.67 Å². The van der Waals surface area contributed by atoms with Gasteiger partial charge in [-0.3, -0.25) is 10.1 Å². The number of aliphatic hydroxyl groups excluding tert-OH is 1. The number of nitrogens with zero attached hydrogens (tertiary/aromatic N) is 2. The van der Waals surface area contributed by atoms with Crippen molar-refractivity contribution in [2.75, 3.05) is 5.32 Å². The van der Waals surface area contributed by atoms with E-state index in [4.69, 9.17) is 0 Å². The minimum Gasteiger partial charge on any atom is -0.393 e. The molecule has 152 valence electrons. The van der Waals surface area contributed by atoms with E-state index in [1.54, 1.807) is 0 Å². The molecule has 1 fully saturated rings. The number of nitrogens with one attached hydrogen (secondary N) is 1. The average molecular weight is 403 g/mol. The fourth-order valence-corrected chi connectivity index (χ4v) is 3.83. The second kappa shape index (κ2) is 7.51. The number of aliphatic hydroxyl groups is 1. The molecule has 1 aliphatic carbocycles. The fraction of sp³-hybridized carbons (Fsp3) is 0.333. The Balaban J connectivity index is 1.67.